The zero-order valence-corrected chi connectivity index (χ0v) is 13.5. The molecule has 0 aliphatic carbocycles. The van der Waals surface area contributed by atoms with E-state index in [9.17, 15) is 26.3 Å². The minimum Gasteiger partial charge on any atom is -0.403 e. The molecule has 0 amide bonds. The third-order valence-electron chi connectivity index (χ3n) is 3.71. The Kier molecular flexibility index (Phi) is 5.31. The standard InChI is InChI=1S/C17H13F6NO3/c18-11-3-8(1-2-14(11)27-17(21,22)23)15-12(19)4-9(5-13(15)20)16-25-6-10(24)7-26-16/h1-5,10,16H,6-7,24H2. The Bertz CT molecular complexity index is 811. The molecule has 146 valence electrons. The molecule has 2 N–H and O–H groups in total. The van der Waals surface area contributed by atoms with Crippen LogP contribution < -0.4 is 10.5 Å². The fourth-order valence-corrected chi connectivity index (χ4v) is 2.58. The van der Waals surface area contributed by atoms with E-state index in [1.165, 1.54) is 0 Å². The van der Waals surface area contributed by atoms with E-state index in [-0.39, 0.29) is 30.4 Å². The first-order valence-electron chi connectivity index (χ1n) is 7.67. The summed E-state index contributed by atoms with van der Waals surface area (Å²) in [6.07, 6.45) is -6.11. The highest BCUT2D eigenvalue weighted by atomic mass is 19.4. The predicted octanol–water partition coefficient (Wildman–Crippen LogP) is 4.04. The van der Waals surface area contributed by atoms with Gasteiger partial charge in [0.2, 0.25) is 0 Å². The molecule has 1 aliphatic heterocycles. The predicted molar refractivity (Wildman–Crippen MR) is 81.1 cm³/mol. The smallest absolute Gasteiger partial charge is 0.403 e. The lowest BCUT2D eigenvalue weighted by atomic mass is 10.0. The molecule has 10 heteroatoms. The Hall–Kier alpha value is -2.30. The normalized spacial score (nSPS) is 20.6. The van der Waals surface area contributed by atoms with Crippen molar-refractivity contribution in [2.24, 2.45) is 5.73 Å². The summed E-state index contributed by atoms with van der Waals surface area (Å²) in [7, 11) is 0. The van der Waals surface area contributed by atoms with Crippen LogP contribution >= 0.6 is 0 Å². The Morgan fingerprint density at radius 1 is 0.926 bits per heavy atom. The first-order chi connectivity index (χ1) is 12.6. The van der Waals surface area contributed by atoms with E-state index in [2.05, 4.69) is 4.74 Å². The van der Waals surface area contributed by atoms with Crippen LogP contribution in [0.2, 0.25) is 0 Å². The van der Waals surface area contributed by atoms with Crippen molar-refractivity contribution in [1.29, 1.82) is 0 Å². The monoisotopic (exact) mass is 393 g/mol. The molecule has 27 heavy (non-hydrogen) atoms. The Balaban J connectivity index is 1.90. The lowest BCUT2D eigenvalue weighted by Crippen LogP contribution is -2.37. The topological polar surface area (TPSA) is 53.7 Å². The molecule has 1 aliphatic rings. The second-order valence-electron chi connectivity index (χ2n) is 5.81. The van der Waals surface area contributed by atoms with Crippen LogP contribution in [0.5, 0.6) is 5.75 Å². The van der Waals surface area contributed by atoms with Gasteiger partial charge in [0.05, 0.1) is 24.8 Å². The summed E-state index contributed by atoms with van der Waals surface area (Å²) in [4.78, 5) is 0. The highest BCUT2D eigenvalue weighted by Crippen LogP contribution is 2.34. The van der Waals surface area contributed by atoms with Crippen LogP contribution in [-0.4, -0.2) is 25.6 Å². The molecule has 2 aromatic rings. The summed E-state index contributed by atoms with van der Waals surface area (Å²) >= 11 is 0. The summed E-state index contributed by atoms with van der Waals surface area (Å²) < 4.78 is 93.2. The van der Waals surface area contributed by atoms with Crippen LogP contribution in [0, 0.1) is 17.5 Å². The number of benzene rings is 2. The molecule has 2 aromatic carbocycles. The van der Waals surface area contributed by atoms with Gasteiger partial charge in [-0.25, -0.2) is 13.2 Å². The van der Waals surface area contributed by atoms with Gasteiger partial charge in [-0.3, -0.25) is 0 Å². The second kappa shape index (κ2) is 7.37. The molecule has 1 heterocycles. The number of alkyl halides is 3. The molecule has 0 unspecified atom stereocenters. The van der Waals surface area contributed by atoms with Gasteiger partial charge in [-0.2, -0.15) is 0 Å². The maximum absolute atomic E-state index is 14.4. The van der Waals surface area contributed by atoms with E-state index >= 15 is 0 Å². The molecular formula is C17H13F6NO3. The molecule has 0 aromatic heterocycles. The maximum Gasteiger partial charge on any atom is 0.573 e. The van der Waals surface area contributed by atoms with Gasteiger partial charge in [0.25, 0.3) is 0 Å². The molecule has 0 bridgehead atoms. The maximum atomic E-state index is 14.4. The summed E-state index contributed by atoms with van der Waals surface area (Å²) in [5.41, 5.74) is 4.74. The van der Waals surface area contributed by atoms with Gasteiger partial charge in [-0.05, 0) is 29.8 Å². The third-order valence-corrected chi connectivity index (χ3v) is 3.71. The molecule has 1 saturated heterocycles. The number of ether oxygens (including phenoxy) is 3. The highest BCUT2D eigenvalue weighted by molar-refractivity contribution is 5.66. The van der Waals surface area contributed by atoms with Gasteiger partial charge in [-0.1, -0.05) is 6.07 Å². The van der Waals surface area contributed by atoms with Gasteiger partial charge >= 0.3 is 6.36 Å². The molecule has 1 fully saturated rings. The molecule has 3 rings (SSSR count). The zero-order valence-electron chi connectivity index (χ0n) is 13.5. The average Bonchev–Trinajstić information content (AvgIpc) is 2.56. The van der Waals surface area contributed by atoms with E-state index in [1.807, 2.05) is 0 Å². The van der Waals surface area contributed by atoms with Crippen LogP contribution in [0.3, 0.4) is 0 Å². The van der Waals surface area contributed by atoms with Crippen molar-refractivity contribution < 1.29 is 40.6 Å². The molecule has 0 saturated carbocycles. The van der Waals surface area contributed by atoms with E-state index < -0.39 is 41.4 Å². The Morgan fingerprint density at radius 3 is 2.04 bits per heavy atom. The van der Waals surface area contributed by atoms with Crippen molar-refractivity contribution in [3.05, 3.63) is 53.3 Å². The summed E-state index contributed by atoms with van der Waals surface area (Å²) in [6, 6.07) is 3.64. The number of nitrogens with two attached hydrogens (primary N) is 1. The van der Waals surface area contributed by atoms with Crippen molar-refractivity contribution in [3.63, 3.8) is 0 Å². The highest BCUT2D eigenvalue weighted by Gasteiger charge is 2.32. The van der Waals surface area contributed by atoms with Crippen molar-refractivity contribution >= 4 is 0 Å². The van der Waals surface area contributed by atoms with E-state index in [4.69, 9.17) is 15.2 Å². The quantitative estimate of drug-likeness (QED) is 0.800. The number of hydrogen-bond donors (Lipinski definition) is 1. The minimum atomic E-state index is -5.09. The summed E-state index contributed by atoms with van der Waals surface area (Å²) in [5, 5.41) is 0. The second-order valence-corrected chi connectivity index (χ2v) is 5.81. The van der Waals surface area contributed by atoms with Crippen LogP contribution in [0.4, 0.5) is 26.3 Å². The Labute approximate surface area is 149 Å². The lowest BCUT2D eigenvalue weighted by molar-refractivity contribution is -0.275. The minimum absolute atomic E-state index is 0.0538. The summed E-state index contributed by atoms with van der Waals surface area (Å²) in [6.45, 7) is 0.281. The largest absolute Gasteiger partial charge is 0.573 e. The van der Waals surface area contributed by atoms with Gasteiger partial charge < -0.3 is 19.9 Å². The third kappa shape index (κ3) is 4.52. The number of halogens is 6. The number of rotatable bonds is 3. The SMILES string of the molecule is NC1COC(c2cc(F)c(-c3ccc(OC(F)(F)F)c(F)c3)c(F)c2)OC1. The Morgan fingerprint density at radius 2 is 1.52 bits per heavy atom. The molecular weight excluding hydrogens is 380 g/mol. The lowest BCUT2D eigenvalue weighted by Gasteiger charge is -2.27. The molecule has 0 atom stereocenters. The van der Waals surface area contributed by atoms with Crippen molar-refractivity contribution in [3.8, 4) is 16.9 Å². The molecule has 4 nitrogen and oxygen atoms in total. The van der Waals surface area contributed by atoms with Crippen LogP contribution in [0.25, 0.3) is 11.1 Å². The van der Waals surface area contributed by atoms with E-state index in [0.29, 0.717) is 12.1 Å². The van der Waals surface area contributed by atoms with Crippen LogP contribution in [-0.2, 0) is 9.47 Å². The summed E-state index contributed by atoms with van der Waals surface area (Å²) in [5.74, 6) is -4.64. The zero-order chi connectivity index (χ0) is 19.8. The fourth-order valence-electron chi connectivity index (χ4n) is 2.58. The fraction of sp³-hybridized carbons (Fsp3) is 0.294. The molecule has 0 radical (unpaired) electrons. The van der Waals surface area contributed by atoms with E-state index in [0.717, 1.165) is 18.2 Å². The van der Waals surface area contributed by atoms with Gasteiger partial charge in [0.15, 0.2) is 17.9 Å². The molecule has 0 spiro atoms. The van der Waals surface area contributed by atoms with Crippen LogP contribution in [0.15, 0.2) is 30.3 Å². The average molecular weight is 393 g/mol. The van der Waals surface area contributed by atoms with Gasteiger partial charge in [-0.15, -0.1) is 13.2 Å². The first-order valence-corrected chi connectivity index (χ1v) is 7.67. The van der Waals surface area contributed by atoms with Crippen LogP contribution in [0.1, 0.15) is 11.9 Å². The van der Waals surface area contributed by atoms with Crippen molar-refractivity contribution in [2.75, 3.05) is 13.2 Å². The van der Waals surface area contributed by atoms with E-state index in [1.54, 1.807) is 0 Å². The van der Waals surface area contributed by atoms with Crippen molar-refractivity contribution in [2.45, 2.75) is 18.7 Å². The van der Waals surface area contributed by atoms with Gasteiger partial charge in [0, 0.05) is 5.56 Å². The van der Waals surface area contributed by atoms with Crippen molar-refractivity contribution in [1.82, 2.24) is 0 Å². The first kappa shape index (κ1) is 19.5. The van der Waals surface area contributed by atoms with Gasteiger partial charge in [0.1, 0.15) is 11.6 Å². The number of hydrogen-bond acceptors (Lipinski definition) is 4.